The Hall–Kier alpha value is 0.177. The molecule has 62 valence electrons. The predicted octanol–water partition coefficient (Wildman–Crippen LogP) is 2.57. The van der Waals surface area contributed by atoms with Crippen LogP contribution in [-0.4, -0.2) is 15.6 Å². The molecule has 0 spiro atoms. The van der Waals surface area contributed by atoms with E-state index < -0.39 is 9.04 Å². The smallest absolute Gasteiger partial charge is 0.176 e. The molecule has 0 saturated carbocycles. The van der Waals surface area contributed by atoms with E-state index in [1.54, 1.807) is 0 Å². The van der Waals surface area contributed by atoms with Crippen LogP contribution in [0.4, 0.5) is 0 Å². The molecule has 0 aliphatic carbocycles. The highest BCUT2D eigenvalue weighted by atomic mass is 28.3. The van der Waals surface area contributed by atoms with Crippen molar-refractivity contribution < 1.29 is 4.43 Å². The maximum atomic E-state index is 5.66. The van der Waals surface area contributed by atoms with Crippen molar-refractivity contribution in [3.05, 3.63) is 0 Å². The van der Waals surface area contributed by atoms with Crippen LogP contribution < -0.4 is 0 Å². The van der Waals surface area contributed by atoms with E-state index in [4.69, 9.17) is 4.43 Å². The summed E-state index contributed by atoms with van der Waals surface area (Å²) < 4.78 is 5.66. The second-order valence-electron chi connectivity index (χ2n) is 2.65. The summed E-state index contributed by atoms with van der Waals surface area (Å²) in [5, 5.41) is 0. The SMILES string of the molecule is CCC[SiH](CCC)OCC. The lowest BCUT2D eigenvalue weighted by Gasteiger charge is -2.12. The van der Waals surface area contributed by atoms with Gasteiger partial charge in [0.15, 0.2) is 9.04 Å². The Bertz CT molecular complexity index is 52.0. The van der Waals surface area contributed by atoms with Crippen LogP contribution in [0.3, 0.4) is 0 Å². The second kappa shape index (κ2) is 7.29. The Labute approximate surface area is 66.5 Å². The Morgan fingerprint density at radius 2 is 1.50 bits per heavy atom. The minimum Gasteiger partial charge on any atom is -0.420 e. The first-order chi connectivity index (χ1) is 4.85. The van der Waals surface area contributed by atoms with Gasteiger partial charge in [0, 0.05) is 6.61 Å². The van der Waals surface area contributed by atoms with Crippen LogP contribution >= 0.6 is 0 Å². The van der Waals surface area contributed by atoms with E-state index in [1.807, 2.05) is 0 Å². The van der Waals surface area contributed by atoms with E-state index in [0.29, 0.717) is 0 Å². The van der Waals surface area contributed by atoms with Crippen molar-refractivity contribution in [3.8, 4) is 0 Å². The summed E-state index contributed by atoms with van der Waals surface area (Å²) in [5.74, 6) is 0. The third kappa shape index (κ3) is 5.00. The molecule has 0 aromatic rings. The van der Waals surface area contributed by atoms with E-state index in [2.05, 4.69) is 20.8 Å². The Morgan fingerprint density at radius 1 is 1.00 bits per heavy atom. The van der Waals surface area contributed by atoms with Crippen molar-refractivity contribution >= 4 is 9.04 Å². The minimum absolute atomic E-state index is 0.734. The van der Waals surface area contributed by atoms with E-state index in [-0.39, 0.29) is 0 Å². The third-order valence-corrected chi connectivity index (χ3v) is 4.87. The van der Waals surface area contributed by atoms with Gasteiger partial charge in [-0.25, -0.2) is 0 Å². The van der Waals surface area contributed by atoms with Crippen molar-refractivity contribution in [3.63, 3.8) is 0 Å². The maximum Gasteiger partial charge on any atom is 0.176 e. The number of hydrogen-bond donors (Lipinski definition) is 0. The van der Waals surface area contributed by atoms with Crippen LogP contribution in [0.2, 0.25) is 12.1 Å². The molecule has 0 aliphatic heterocycles. The van der Waals surface area contributed by atoms with Gasteiger partial charge in [0.2, 0.25) is 0 Å². The Balaban J connectivity index is 3.30. The molecule has 0 aromatic heterocycles. The molecule has 0 radical (unpaired) electrons. The molecule has 0 heterocycles. The van der Waals surface area contributed by atoms with E-state index in [9.17, 15) is 0 Å². The summed E-state index contributed by atoms with van der Waals surface area (Å²) in [4.78, 5) is 0. The molecular weight excluding hydrogens is 140 g/mol. The van der Waals surface area contributed by atoms with Gasteiger partial charge in [-0.1, -0.05) is 26.7 Å². The van der Waals surface area contributed by atoms with Gasteiger partial charge >= 0.3 is 0 Å². The molecule has 0 aromatic carbocycles. The van der Waals surface area contributed by atoms with Crippen LogP contribution in [0, 0.1) is 0 Å². The van der Waals surface area contributed by atoms with Crippen LogP contribution in [0.1, 0.15) is 33.6 Å². The van der Waals surface area contributed by atoms with Gasteiger partial charge in [-0.15, -0.1) is 0 Å². The average molecular weight is 160 g/mol. The topological polar surface area (TPSA) is 9.23 Å². The highest BCUT2D eigenvalue weighted by molar-refractivity contribution is 6.51. The monoisotopic (exact) mass is 160 g/mol. The molecule has 0 rings (SSSR count). The molecule has 2 heteroatoms. The summed E-state index contributed by atoms with van der Waals surface area (Å²) in [6.07, 6.45) is 2.60. The van der Waals surface area contributed by atoms with Gasteiger partial charge in [-0.3, -0.25) is 0 Å². The summed E-state index contributed by atoms with van der Waals surface area (Å²) >= 11 is 0. The lowest BCUT2D eigenvalue weighted by atomic mass is 10.6. The zero-order valence-corrected chi connectivity index (χ0v) is 8.68. The normalized spacial score (nSPS) is 10.8. The minimum atomic E-state index is -0.734. The lowest BCUT2D eigenvalue weighted by Crippen LogP contribution is -2.16. The van der Waals surface area contributed by atoms with Gasteiger partial charge in [-0.05, 0) is 19.0 Å². The lowest BCUT2D eigenvalue weighted by molar-refractivity contribution is 0.340. The van der Waals surface area contributed by atoms with E-state index in [0.717, 1.165) is 6.61 Å². The van der Waals surface area contributed by atoms with Crippen LogP contribution in [0.15, 0.2) is 0 Å². The predicted molar refractivity (Wildman–Crippen MR) is 49.0 cm³/mol. The second-order valence-corrected chi connectivity index (χ2v) is 5.39. The molecular formula is C8H20OSi. The van der Waals surface area contributed by atoms with Crippen LogP contribution in [0.25, 0.3) is 0 Å². The molecule has 0 fully saturated rings. The van der Waals surface area contributed by atoms with Crippen LogP contribution in [0.5, 0.6) is 0 Å². The fourth-order valence-corrected chi connectivity index (χ4v) is 3.57. The van der Waals surface area contributed by atoms with Gasteiger partial charge in [-0.2, -0.15) is 0 Å². The number of rotatable bonds is 6. The summed E-state index contributed by atoms with van der Waals surface area (Å²) in [6.45, 7) is 7.52. The van der Waals surface area contributed by atoms with Crippen molar-refractivity contribution in [2.24, 2.45) is 0 Å². The first-order valence-corrected chi connectivity index (χ1v) is 6.57. The third-order valence-electron chi connectivity index (χ3n) is 1.62. The largest absolute Gasteiger partial charge is 0.420 e. The summed E-state index contributed by atoms with van der Waals surface area (Å²) in [5.41, 5.74) is 0. The molecule has 0 amide bonds. The molecule has 0 bridgehead atoms. The maximum absolute atomic E-state index is 5.66. The number of hydrogen-bond acceptors (Lipinski definition) is 1. The Morgan fingerprint density at radius 3 is 1.80 bits per heavy atom. The van der Waals surface area contributed by atoms with Crippen molar-refractivity contribution in [1.29, 1.82) is 0 Å². The van der Waals surface area contributed by atoms with Gasteiger partial charge in [0.1, 0.15) is 0 Å². The Kier molecular flexibility index (Phi) is 7.41. The molecule has 0 unspecified atom stereocenters. The molecule has 0 saturated heterocycles. The van der Waals surface area contributed by atoms with Gasteiger partial charge < -0.3 is 4.43 Å². The van der Waals surface area contributed by atoms with Crippen molar-refractivity contribution in [2.75, 3.05) is 6.61 Å². The highest BCUT2D eigenvalue weighted by Crippen LogP contribution is 2.06. The fourth-order valence-electron chi connectivity index (χ4n) is 1.19. The van der Waals surface area contributed by atoms with E-state index >= 15 is 0 Å². The van der Waals surface area contributed by atoms with Crippen molar-refractivity contribution in [2.45, 2.75) is 45.7 Å². The van der Waals surface area contributed by atoms with E-state index in [1.165, 1.54) is 24.9 Å². The summed E-state index contributed by atoms with van der Waals surface area (Å²) in [7, 11) is -0.734. The molecule has 1 nitrogen and oxygen atoms in total. The molecule has 0 aliphatic rings. The van der Waals surface area contributed by atoms with Crippen molar-refractivity contribution in [1.82, 2.24) is 0 Å². The average Bonchev–Trinajstić information content (AvgIpc) is 1.90. The molecule has 0 atom stereocenters. The fraction of sp³-hybridized carbons (Fsp3) is 1.00. The zero-order chi connectivity index (χ0) is 7.82. The van der Waals surface area contributed by atoms with Gasteiger partial charge in [0.25, 0.3) is 0 Å². The van der Waals surface area contributed by atoms with Gasteiger partial charge in [0.05, 0.1) is 0 Å². The molecule has 10 heavy (non-hydrogen) atoms. The first-order valence-electron chi connectivity index (χ1n) is 4.46. The standard InChI is InChI=1S/C8H20OSi/c1-4-7-10(8-5-2)9-6-3/h10H,4-8H2,1-3H3. The van der Waals surface area contributed by atoms with Crippen LogP contribution in [-0.2, 0) is 4.43 Å². The summed E-state index contributed by atoms with van der Waals surface area (Å²) in [6, 6.07) is 2.73. The highest BCUT2D eigenvalue weighted by Gasteiger charge is 2.07. The first kappa shape index (κ1) is 10.2. The zero-order valence-electron chi connectivity index (χ0n) is 7.52. The molecule has 0 N–H and O–H groups in total. The quantitative estimate of drug-likeness (QED) is 0.543.